The topological polar surface area (TPSA) is 134 Å². The molecule has 0 saturated heterocycles. The highest BCUT2D eigenvalue weighted by Gasteiger charge is 2.22. The minimum atomic E-state index is -2.75. The lowest BCUT2D eigenvalue weighted by Gasteiger charge is -2.18. The van der Waals surface area contributed by atoms with Crippen LogP contribution >= 0.6 is 0 Å². The Bertz CT molecular complexity index is 1110. The maximum Gasteiger partial charge on any atom is 0.267 e. The smallest absolute Gasteiger partial charge is 0.267 e. The molecular weight excluding hydrogens is 414 g/mol. The van der Waals surface area contributed by atoms with E-state index in [0.29, 0.717) is 28.1 Å². The molecule has 3 aromatic rings. The maximum absolute atomic E-state index is 14.0. The zero-order chi connectivity index (χ0) is 23.3. The van der Waals surface area contributed by atoms with Crippen molar-refractivity contribution >= 4 is 17.4 Å². The van der Waals surface area contributed by atoms with Crippen LogP contribution in [0.3, 0.4) is 0 Å². The van der Waals surface area contributed by atoms with Gasteiger partial charge in [0.25, 0.3) is 6.43 Å². The van der Waals surface area contributed by atoms with Crippen molar-refractivity contribution in [3.8, 4) is 5.75 Å². The summed E-state index contributed by atoms with van der Waals surface area (Å²) in [7, 11) is 0. The average Bonchev–Trinajstić information content (AvgIpc) is 2.77. The number of nitrogens with zero attached hydrogens (tertiary/aromatic N) is 1. The Kier molecular flexibility index (Phi) is 6.99. The Hall–Kier alpha value is -4.01. The van der Waals surface area contributed by atoms with Gasteiger partial charge in [-0.2, -0.15) is 0 Å². The first-order valence-electron chi connectivity index (χ1n) is 9.77. The molecule has 1 aromatic heterocycles. The third-order valence-corrected chi connectivity index (χ3v) is 4.88. The van der Waals surface area contributed by atoms with Gasteiger partial charge in [-0.05, 0) is 36.8 Å². The molecule has 7 N–H and O–H groups in total. The summed E-state index contributed by atoms with van der Waals surface area (Å²) in [4.78, 5) is 4.23. The molecule has 1 heterocycles. The number of alkyl halides is 2. The maximum atomic E-state index is 14.0. The van der Waals surface area contributed by atoms with Gasteiger partial charge in [-0.1, -0.05) is 24.3 Å². The van der Waals surface area contributed by atoms with E-state index in [0.717, 1.165) is 5.56 Å². The van der Waals surface area contributed by atoms with Crippen molar-refractivity contribution in [1.82, 2.24) is 4.98 Å². The zero-order valence-corrected chi connectivity index (χ0v) is 17.5. The number of pyridine rings is 1. The molecule has 0 aliphatic rings. The Labute approximate surface area is 184 Å². The molecule has 3 rings (SSSR count). The molecule has 0 aliphatic heterocycles. The monoisotopic (exact) mass is 438 g/mol. The number of nitrogens with two attached hydrogens (primary N) is 2. The van der Waals surface area contributed by atoms with E-state index in [-0.39, 0.29) is 36.1 Å². The van der Waals surface area contributed by atoms with Crippen LogP contribution in [0.25, 0.3) is 0 Å². The van der Waals surface area contributed by atoms with E-state index in [2.05, 4.69) is 10.3 Å². The molecule has 7 nitrogen and oxygen atoms in total. The number of hydrogen-bond acceptors (Lipinski definition) is 5. The van der Waals surface area contributed by atoms with Crippen LogP contribution in [0.2, 0.25) is 0 Å². The third-order valence-electron chi connectivity index (χ3n) is 4.88. The van der Waals surface area contributed by atoms with Crippen molar-refractivity contribution in [1.29, 1.82) is 10.8 Å². The molecule has 0 amide bonds. The minimum Gasteiger partial charge on any atom is -0.486 e. The number of nitrogen functional groups attached to an aromatic ring is 2. The van der Waals surface area contributed by atoms with Crippen molar-refractivity contribution in [2.24, 2.45) is 11.5 Å². The fourth-order valence-electron chi connectivity index (χ4n) is 3.11. The third kappa shape index (κ3) is 5.37. The number of nitrogens with one attached hydrogen (secondary N) is 3. The molecule has 0 radical (unpaired) electrons. The second-order valence-corrected chi connectivity index (χ2v) is 7.16. The number of benzene rings is 2. The molecule has 9 heteroatoms. The van der Waals surface area contributed by atoms with E-state index in [1.54, 1.807) is 55.5 Å². The normalized spacial score (nSPS) is 10.8. The van der Waals surface area contributed by atoms with Gasteiger partial charge in [0.15, 0.2) is 0 Å². The number of anilines is 1. The number of aromatic nitrogens is 1. The summed E-state index contributed by atoms with van der Waals surface area (Å²) in [5, 5.41) is 18.0. The number of ether oxygens (including phenoxy) is 1. The largest absolute Gasteiger partial charge is 0.486 e. The van der Waals surface area contributed by atoms with Crippen LogP contribution in [0.4, 0.5) is 14.5 Å². The quantitative estimate of drug-likeness (QED) is 0.253. The highest BCUT2D eigenvalue weighted by Crippen LogP contribution is 2.35. The predicted molar refractivity (Wildman–Crippen MR) is 121 cm³/mol. The first-order valence-corrected chi connectivity index (χ1v) is 9.77. The lowest BCUT2D eigenvalue weighted by molar-refractivity contribution is 0.142. The van der Waals surface area contributed by atoms with E-state index in [4.69, 9.17) is 27.0 Å². The SMILES string of the molecule is Cc1ncc(CNc2ccc(C(=N)N)cc2)c(C(F)F)c1OCc1ccc(C(=N)N)cc1. The molecule has 166 valence electrons. The van der Waals surface area contributed by atoms with Crippen LogP contribution in [0.5, 0.6) is 5.75 Å². The van der Waals surface area contributed by atoms with Gasteiger partial charge in [-0.25, -0.2) is 8.78 Å². The highest BCUT2D eigenvalue weighted by molar-refractivity contribution is 5.95. The highest BCUT2D eigenvalue weighted by atomic mass is 19.3. The number of rotatable bonds is 9. The van der Waals surface area contributed by atoms with Crippen LogP contribution in [-0.2, 0) is 13.2 Å². The second-order valence-electron chi connectivity index (χ2n) is 7.16. The van der Waals surface area contributed by atoms with Crippen LogP contribution in [0, 0.1) is 17.7 Å². The van der Waals surface area contributed by atoms with Crippen molar-refractivity contribution in [3.63, 3.8) is 0 Å². The first-order chi connectivity index (χ1) is 15.3. The van der Waals surface area contributed by atoms with Crippen molar-refractivity contribution in [2.75, 3.05) is 5.32 Å². The summed E-state index contributed by atoms with van der Waals surface area (Å²) in [6.45, 7) is 1.82. The summed E-state index contributed by atoms with van der Waals surface area (Å²) in [5.41, 5.74) is 14.0. The number of halogens is 2. The Balaban J connectivity index is 1.78. The first kappa shape index (κ1) is 22.7. The summed E-state index contributed by atoms with van der Waals surface area (Å²) in [6, 6.07) is 13.6. The summed E-state index contributed by atoms with van der Waals surface area (Å²) in [5.74, 6) is -0.0347. The predicted octanol–water partition coefficient (Wildman–Crippen LogP) is 4.09. The molecule has 0 aliphatic carbocycles. The zero-order valence-electron chi connectivity index (χ0n) is 17.5. The molecule has 0 atom stereocenters. The van der Waals surface area contributed by atoms with E-state index in [1.807, 2.05) is 0 Å². The summed E-state index contributed by atoms with van der Waals surface area (Å²) >= 11 is 0. The van der Waals surface area contributed by atoms with Gasteiger partial charge in [-0.3, -0.25) is 15.8 Å². The summed E-state index contributed by atoms with van der Waals surface area (Å²) in [6.07, 6.45) is -1.33. The van der Waals surface area contributed by atoms with Gasteiger partial charge < -0.3 is 21.5 Å². The lowest BCUT2D eigenvalue weighted by atomic mass is 10.1. The number of amidine groups is 2. The van der Waals surface area contributed by atoms with Gasteiger partial charge in [-0.15, -0.1) is 0 Å². The van der Waals surface area contributed by atoms with E-state index >= 15 is 0 Å². The minimum absolute atomic E-state index is 0.0444. The van der Waals surface area contributed by atoms with Crippen molar-refractivity contribution < 1.29 is 13.5 Å². The van der Waals surface area contributed by atoms with Gasteiger partial charge in [0.05, 0.1) is 11.3 Å². The molecule has 0 unspecified atom stereocenters. The van der Waals surface area contributed by atoms with Gasteiger partial charge in [0.2, 0.25) is 0 Å². The standard InChI is InChI=1S/C23H24F2N6O/c1-13-20(32-12-14-2-4-15(5-3-14)22(26)27)19(21(24)25)17(10-30-13)11-31-18-8-6-16(7-9-18)23(28)29/h2-10,21,31H,11-12H2,1H3,(H3,26,27)(H3,28,29). The second kappa shape index (κ2) is 9.86. The molecular formula is C23H24F2N6O. The van der Waals surface area contributed by atoms with E-state index < -0.39 is 6.43 Å². The Morgan fingerprint density at radius 2 is 1.56 bits per heavy atom. The van der Waals surface area contributed by atoms with Gasteiger partial charge >= 0.3 is 0 Å². The summed E-state index contributed by atoms with van der Waals surface area (Å²) < 4.78 is 33.7. The molecule has 0 bridgehead atoms. The van der Waals surface area contributed by atoms with Crippen molar-refractivity contribution in [3.05, 3.63) is 88.2 Å². The fourth-order valence-corrected chi connectivity index (χ4v) is 3.11. The average molecular weight is 438 g/mol. The Morgan fingerprint density at radius 3 is 2.09 bits per heavy atom. The lowest BCUT2D eigenvalue weighted by Crippen LogP contribution is -2.12. The van der Waals surface area contributed by atoms with Crippen LogP contribution in [0.15, 0.2) is 54.7 Å². The number of aryl methyl sites for hydroxylation is 1. The molecule has 32 heavy (non-hydrogen) atoms. The van der Waals surface area contributed by atoms with Crippen LogP contribution in [0.1, 0.15) is 39.9 Å². The Morgan fingerprint density at radius 1 is 1.00 bits per heavy atom. The van der Waals surface area contributed by atoms with E-state index in [1.165, 1.54) is 6.20 Å². The van der Waals surface area contributed by atoms with Crippen molar-refractivity contribution in [2.45, 2.75) is 26.5 Å². The van der Waals surface area contributed by atoms with Gasteiger partial charge in [0, 0.05) is 35.1 Å². The van der Waals surface area contributed by atoms with Crippen LogP contribution < -0.4 is 21.5 Å². The fraction of sp³-hybridized carbons (Fsp3) is 0.174. The number of hydrogen-bond donors (Lipinski definition) is 5. The molecule has 0 spiro atoms. The molecule has 2 aromatic carbocycles. The van der Waals surface area contributed by atoms with Gasteiger partial charge in [0.1, 0.15) is 24.0 Å². The van der Waals surface area contributed by atoms with E-state index in [9.17, 15) is 8.78 Å². The van der Waals surface area contributed by atoms with Crippen LogP contribution in [-0.4, -0.2) is 16.7 Å². The molecule has 0 saturated carbocycles. The molecule has 0 fully saturated rings.